The average molecular weight is 628 g/mol. The minimum Gasteiger partial charge on any atom is -0.339 e. The van der Waals surface area contributed by atoms with Crippen LogP contribution >= 0.6 is 11.6 Å². The average Bonchev–Trinajstić information content (AvgIpc) is 3.36. The molecule has 0 aliphatic carbocycles. The van der Waals surface area contributed by atoms with Gasteiger partial charge >= 0.3 is 6.18 Å². The Labute approximate surface area is 254 Å². The molecule has 44 heavy (non-hydrogen) atoms. The van der Waals surface area contributed by atoms with Crippen molar-refractivity contribution < 1.29 is 31.9 Å². The van der Waals surface area contributed by atoms with Crippen LogP contribution in [0.5, 0.6) is 0 Å². The number of rotatable bonds is 7. The summed E-state index contributed by atoms with van der Waals surface area (Å²) in [6.45, 7) is 3.28. The van der Waals surface area contributed by atoms with Crippen LogP contribution in [0.3, 0.4) is 0 Å². The third-order valence-corrected chi connectivity index (χ3v) is 7.41. The Bertz CT molecular complexity index is 1710. The smallest absolute Gasteiger partial charge is 0.339 e. The molecule has 8 nitrogen and oxygen atoms in total. The summed E-state index contributed by atoms with van der Waals surface area (Å²) in [6.07, 6.45) is -4.69. The summed E-state index contributed by atoms with van der Waals surface area (Å²) in [5.41, 5.74) is -0.0884. The van der Waals surface area contributed by atoms with Gasteiger partial charge in [0.1, 0.15) is 23.1 Å². The largest absolute Gasteiger partial charge is 0.416 e. The zero-order valence-electron chi connectivity index (χ0n) is 23.4. The van der Waals surface area contributed by atoms with E-state index in [9.17, 15) is 31.9 Å². The van der Waals surface area contributed by atoms with Crippen LogP contribution in [0.4, 0.5) is 29.2 Å². The minimum absolute atomic E-state index is 0.0416. The van der Waals surface area contributed by atoms with Crippen molar-refractivity contribution in [2.24, 2.45) is 0 Å². The van der Waals surface area contributed by atoms with E-state index in [1.165, 1.54) is 46.8 Å². The van der Waals surface area contributed by atoms with E-state index in [2.05, 4.69) is 15.7 Å². The number of halogens is 5. The second-order valence-electron chi connectivity index (χ2n) is 10.1. The minimum atomic E-state index is -4.69. The number of carbonyl (C=O) groups is 3. The highest BCUT2D eigenvalue weighted by atomic mass is 35.5. The molecule has 1 unspecified atom stereocenters. The Morgan fingerprint density at radius 1 is 1.02 bits per heavy atom. The number of para-hydroxylation sites is 1. The monoisotopic (exact) mass is 627 g/mol. The van der Waals surface area contributed by atoms with Crippen LogP contribution in [0.15, 0.2) is 78.9 Å². The maximum Gasteiger partial charge on any atom is 0.416 e. The summed E-state index contributed by atoms with van der Waals surface area (Å²) in [5.74, 6) is -3.38. The van der Waals surface area contributed by atoms with E-state index < -0.39 is 52.6 Å². The fourth-order valence-electron chi connectivity index (χ4n) is 5.15. The van der Waals surface area contributed by atoms with E-state index in [0.29, 0.717) is 28.7 Å². The molecular formula is C31H26ClF4N5O3. The van der Waals surface area contributed by atoms with Gasteiger partial charge < -0.3 is 10.6 Å². The molecule has 0 saturated carbocycles. The maximum absolute atomic E-state index is 14.2. The van der Waals surface area contributed by atoms with Crippen LogP contribution in [0, 0.1) is 5.82 Å². The van der Waals surface area contributed by atoms with Gasteiger partial charge in [0.25, 0.3) is 11.8 Å². The van der Waals surface area contributed by atoms with Gasteiger partial charge in [-0.25, -0.2) is 9.07 Å². The number of fused-ring (bicyclic) bond motifs is 1. The Balaban J connectivity index is 1.72. The quantitative estimate of drug-likeness (QED) is 0.197. The normalized spacial score (nSPS) is 17.2. The van der Waals surface area contributed by atoms with E-state index in [1.54, 1.807) is 37.3 Å². The second-order valence-corrected chi connectivity index (χ2v) is 10.7. The lowest BCUT2D eigenvalue weighted by molar-refractivity contribution is -0.137. The first-order chi connectivity index (χ1) is 20.9. The van der Waals surface area contributed by atoms with Gasteiger partial charge in [0.2, 0.25) is 5.91 Å². The molecule has 3 atom stereocenters. The van der Waals surface area contributed by atoms with Gasteiger partial charge in [-0.1, -0.05) is 36.4 Å². The van der Waals surface area contributed by atoms with Gasteiger partial charge in [-0.15, -0.1) is 16.7 Å². The van der Waals surface area contributed by atoms with Crippen LogP contribution in [0.1, 0.15) is 46.8 Å². The molecule has 0 radical (unpaired) electrons. The van der Waals surface area contributed by atoms with E-state index >= 15 is 0 Å². The summed E-state index contributed by atoms with van der Waals surface area (Å²) in [4.78, 5) is 41.8. The number of anilines is 2. The fraction of sp³-hybridized carbons (Fsp3) is 0.226. The number of hydrogen-bond acceptors (Lipinski definition) is 4. The highest BCUT2D eigenvalue weighted by molar-refractivity contribution is 6.32. The van der Waals surface area contributed by atoms with Crippen molar-refractivity contribution in [1.29, 1.82) is 0 Å². The lowest BCUT2D eigenvalue weighted by Gasteiger charge is -2.38. The van der Waals surface area contributed by atoms with Crippen LogP contribution < -0.4 is 15.5 Å². The van der Waals surface area contributed by atoms with Crippen molar-refractivity contribution in [2.45, 2.75) is 37.4 Å². The summed E-state index contributed by atoms with van der Waals surface area (Å²) < 4.78 is 55.7. The number of benzene rings is 3. The predicted molar refractivity (Wildman–Crippen MR) is 156 cm³/mol. The summed E-state index contributed by atoms with van der Waals surface area (Å²) in [7, 11) is 0. The Kier molecular flexibility index (Phi) is 8.46. The molecule has 0 saturated heterocycles. The summed E-state index contributed by atoms with van der Waals surface area (Å²) in [5, 5.41) is 9.01. The molecule has 5 rings (SSSR count). The standard InChI is InChI=1S/C31H26ClF4N5O3/c1-3-40-29-24(26(38-27(42)17(2)32)39-41(29)22-10-5-4-6-11-22)23(18-12-14-21(33)15-13-18)25(30(40)44)37-28(43)19-8-7-9-20(16-19)31(34,35)36/h4-17,23,25H,3H2,1-2H3,(H,37,43)(H,38,39,42)/t17?,23-,25-/m0/s1. The number of nitrogens with one attached hydrogen (secondary N) is 2. The number of likely N-dealkylation sites (N-methyl/N-ethyl adjacent to an activating group) is 1. The number of hydrogen-bond donors (Lipinski definition) is 2. The van der Waals surface area contributed by atoms with E-state index in [4.69, 9.17) is 11.6 Å². The maximum atomic E-state index is 14.2. The molecule has 0 spiro atoms. The van der Waals surface area contributed by atoms with E-state index in [-0.39, 0.29) is 17.9 Å². The molecule has 1 aromatic heterocycles. The zero-order valence-corrected chi connectivity index (χ0v) is 24.2. The molecule has 1 aliphatic rings. The molecule has 0 fully saturated rings. The van der Waals surface area contributed by atoms with Gasteiger partial charge in [0.15, 0.2) is 5.82 Å². The molecular weight excluding hydrogens is 602 g/mol. The number of aromatic nitrogens is 2. The number of amides is 3. The van der Waals surface area contributed by atoms with Gasteiger partial charge in [-0.2, -0.15) is 13.2 Å². The summed E-state index contributed by atoms with van der Waals surface area (Å²) >= 11 is 6.06. The molecule has 2 heterocycles. The predicted octanol–water partition coefficient (Wildman–Crippen LogP) is 5.89. The van der Waals surface area contributed by atoms with Crippen molar-refractivity contribution in [1.82, 2.24) is 15.1 Å². The lowest BCUT2D eigenvalue weighted by atomic mass is 9.81. The molecule has 2 N–H and O–H groups in total. The SMILES string of the molecule is CCN1C(=O)[C@@H](NC(=O)c2cccc(C(F)(F)F)c2)[C@@H](c2ccc(F)cc2)c2c(NC(=O)C(C)Cl)nn(-c3ccccc3)c21. The van der Waals surface area contributed by atoms with Gasteiger partial charge in [0.05, 0.1) is 11.3 Å². The first-order valence-electron chi connectivity index (χ1n) is 13.6. The number of carbonyl (C=O) groups excluding carboxylic acids is 3. The zero-order chi connectivity index (χ0) is 31.8. The molecule has 3 aromatic carbocycles. The molecule has 228 valence electrons. The fourth-order valence-corrected chi connectivity index (χ4v) is 5.20. The first kappa shape index (κ1) is 30.7. The topological polar surface area (TPSA) is 96.3 Å². The Hall–Kier alpha value is -4.71. The second kappa shape index (κ2) is 12.1. The van der Waals surface area contributed by atoms with Gasteiger partial charge in [-0.05, 0) is 61.9 Å². The van der Waals surface area contributed by atoms with E-state index in [0.717, 1.165) is 12.1 Å². The Morgan fingerprint density at radius 3 is 2.32 bits per heavy atom. The first-order valence-corrected chi connectivity index (χ1v) is 14.0. The van der Waals surface area contributed by atoms with Gasteiger partial charge in [-0.3, -0.25) is 19.3 Å². The third-order valence-electron chi connectivity index (χ3n) is 7.22. The van der Waals surface area contributed by atoms with Crippen LogP contribution in [0.25, 0.3) is 5.69 Å². The summed E-state index contributed by atoms with van der Waals surface area (Å²) in [6, 6.07) is 16.5. The molecule has 4 aromatic rings. The van der Waals surface area contributed by atoms with Crippen molar-refractivity contribution in [3.05, 3.63) is 107 Å². The van der Waals surface area contributed by atoms with Crippen LogP contribution in [-0.2, 0) is 15.8 Å². The van der Waals surface area contributed by atoms with Crippen LogP contribution in [0.2, 0.25) is 0 Å². The van der Waals surface area contributed by atoms with Crippen LogP contribution in [-0.4, -0.2) is 45.5 Å². The molecule has 1 aliphatic heterocycles. The number of alkyl halides is 4. The Morgan fingerprint density at radius 2 is 1.70 bits per heavy atom. The lowest BCUT2D eigenvalue weighted by Crippen LogP contribution is -2.55. The van der Waals surface area contributed by atoms with Gasteiger partial charge in [0, 0.05) is 23.6 Å². The van der Waals surface area contributed by atoms with Crippen molar-refractivity contribution in [3.63, 3.8) is 0 Å². The molecule has 0 bridgehead atoms. The van der Waals surface area contributed by atoms with Crippen molar-refractivity contribution in [3.8, 4) is 5.69 Å². The van der Waals surface area contributed by atoms with Crippen molar-refractivity contribution in [2.75, 3.05) is 16.8 Å². The van der Waals surface area contributed by atoms with Crippen molar-refractivity contribution >= 4 is 41.0 Å². The highest BCUT2D eigenvalue weighted by Gasteiger charge is 2.46. The highest BCUT2D eigenvalue weighted by Crippen LogP contribution is 2.45. The number of nitrogens with zero attached hydrogens (tertiary/aromatic N) is 3. The third kappa shape index (κ3) is 5.89. The molecule has 3 amide bonds. The molecule has 13 heteroatoms. The van der Waals surface area contributed by atoms with E-state index in [1.807, 2.05) is 0 Å².